The van der Waals surface area contributed by atoms with Gasteiger partial charge in [-0.25, -0.2) is 9.97 Å². The van der Waals surface area contributed by atoms with Crippen molar-refractivity contribution < 1.29 is 9.47 Å². The molecule has 0 atom stereocenters. The molecule has 0 fully saturated rings. The van der Waals surface area contributed by atoms with E-state index in [9.17, 15) is 0 Å². The van der Waals surface area contributed by atoms with Gasteiger partial charge in [-0.3, -0.25) is 4.98 Å². The number of nitrogens with zero attached hydrogens (tertiary/aromatic N) is 3. The maximum atomic E-state index is 8.36. The van der Waals surface area contributed by atoms with E-state index in [2.05, 4.69) is 34.4 Å². The topological polar surface area (TPSA) is 105 Å². The predicted molar refractivity (Wildman–Crippen MR) is 128 cm³/mol. The van der Waals surface area contributed by atoms with Crippen molar-refractivity contribution in [3.05, 3.63) is 54.1 Å². The Balaban J connectivity index is 2.11. The van der Waals surface area contributed by atoms with Crippen LogP contribution in [0.25, 0.3) is 11.3 Å². The molecule has 3 heterocycles. The summed E-state index contributed by atoms with van der Waals surface area (Å²) in [5.74, 6) is 1.22. The summed E-state index contributed by atoms with van der Waals surface area (Å²) in [5.41, 5.74) is 4.73. The van der Waals surface area contributed by atoms with Gasteiger partial charge < -0.3 is 25.5 Å². The standard InChI is InChI=1S/C24H30N6O2/c1-6-32-24-17(9-7-12-27-24)18-13-19(23(29-15(2)3)22(30-18)16(4)25)28-14-20-21(31-5)10-8-11-26-20/h7-13,15,25,29H,6,14H2,1-5H3,(H,28,30). The van der Waals surface area contributed by atoms with Crippen LogP contribution in [0.3, 0.4) is 0 Å². The number of pyridine rings is 3. The molecule has 0 saturated heterocycles. The van der Waals surface area contributed by atoms with Crippen molar-refractivity contribution in [3.8, 4) is 22.9 Å². The van der Waals surface area contributed by atoms with E-state index in [0.29, 0.717) is 41.9 Å². The minimum absolute atomic E-state index is 0.156. The number of aromatic nitrogens is 3. The highest BCUT2D eigenvalue weighted by Crippen LogP contribution is 2.35. The largest absolute Gasteiger partial charge is 0.495 e. The van der Waals surface area contributed by atoms with Crippen molar-refractivity contribution in [2.45, 2.75) is 40.3 Å². The van der Waals surface area contributed by atoms with E-state index in [1.807, 2.05) is 37.3 Å². The van der Waals surface area contributed by atoms with Gasteiger partial charge in [0, 0.05) is 18.4 Å². The van der Waals surface area contributed by atoms with Crippen LogP contribution in [-0.2, 0) is 6.54 Å². The third-order valence-corrected chi connectivity index (χ3v) is 4.65. The first-order chi connectivity index (χ1) is 15.4. The number of anilines is 2. The first-order valence-electron chi connectivity index (χ1n) is 10.6. The lowest BCUT2D eigenvalue weighted by molar-refractivity contribution is 0.328. The summed E-state index contributed by atoms with van der Waals surface area (Å²) >= 11 is 0. The van der Waals surface area contributed by atoms with E-state index in [4.69, 9.17) is 19.9 Å². The van der Waals surface area contributed by atoms with Crippen LogP contribution in [0.5, 0.6) is 11.6 Å². The third-order valence-electron chi connectivity index (χ3n) is 4.65. The minimum atomic E-state index is 0.156. The number of hydrogen-bond acceptors (Lipinski definition) is 8. The summed E-state index contributed by atoms with van der Waals surface area (Å²) in [4.78, 5) is 13.6. The lowest BCUT2D eigenvalue weighted by atomic mass is 10.1. The molecule has 3 aromatic rings. The molecule has 0 aromatic carbocycles. The molecular formula is C24H30N6O2. The van der Waals surface area contributed by atoms with Crippen LogP contribution < -0.4 is 20.1 Å². The fourth-order valence-electron chi connectivity index (χ4n) is 3.29. The molecule has 0 radical (unpaired) electrons. The van der Waals surface area contributed by atoms with Gasteiger partial charge in [-0.1, -0.05) is 0 Å². The molecule has 168 valence electrons. The Morgan fingerprint density at radius 2 is 1.91 bits per heavy atom. The van der Waals surface area contributed by atoms with Gasteiger partial charge in [-0.05, 0) is 58.0 Å². The molecule has 0 amide bonds. The zero-order chi connectivity index (χ0) is 23.1. The molecule has 3 rings (SSSR count). The molecule has 8 nitrogen and oxygen atoms in total. The molecule has 0 bridgehead atoms. The van der Waals surface area contributed by atoms with Crippen molar-refractivity contribution in [2.24, 2.45) is 0 Å². The van der Waals surface area contributed by atoms with Crippen LogP contribution in [-0.4, -0.2) is 40.4 Å². The number of nitrogens with one attached hydrogen (secondary N) is 3. The Kier molecular flexibility index (Phi) is 7.59. The summed E-state index contributed by atoms with van der Waals surface area (Å²) in [6.07, 6.45) is 3.43. The molecule has 3 N–H and O–H groups in total. The summed E-state index contributed by atoms with van der Waals surface area (Å²) in [7, 11) is 1.63. The van der Waals surface area contributed by atoms with Gasteiger partial charge in [-0.2, -0.15) is 0 Å². The Labute approximate surface area is 189 Å². The number of rotatable bonds is 10. The van der Waals surface area contributed by atoms with Crippen molar-refractivity contribution in [2.75, 3.05) is 24.4 Å². The van der Waals surface area contributed by atoms with Gasteiger partial charge in [0.25, 0.3) is 0 Å². The summed E-state index contributed by atoms with van der Waals surface area (Å²) < 4.78 is 11.2. The first-order valence-corrected chi connectivity index (χ1v) is 10.6. The van der Waals surface area contributed by atoms with Crippen molar-refractivity contribution in [3.63, 3.8) is 0 Å². The molecule has 0 unspecified atom stereocenters. The van der Waals surface area contributed by atoms with Crippen LogP contribution in [0.15, 0.2) is 42.7 Å². The smallest absolute Gasteiger partial charge is 0.222 e. The highest BCUT2D eigenvalue weighted by molar-refractivity contribution is 6.03. The van der Waals surface area contributed by atoms with Crippen molar-refractivity contribution >= 4 is 17.1 Å². The van der Waals surface area contributed by atoms with Gasteiger partial charge >= 0.3 is 0 Å². The number of hydrogen-bond donors (Lipinski definition) is 3. The zero-order valence-corrected chi connectivity index (χ0v) is 19.2. The lowest BCUT2D eigenvalue weighted by Crippen LogP contribution is -2.17. The fraction of sp³-hybridized carbons (Fsp3) is 0.333. The summed E-state index contributed by atoms with van der Waals surface area (Å²) in [6.45, 7) is 8.70. The monoisotopic (exact) mass is 434 g/mol. The van der Waals surface area contributed by atoms with Crippen molar-refractivity contribution in [1.29, 1.82) is 5.41 Å². The number of ether oxygens (including phenoxy) is 2. The van der Waals surface area contributed by atoms with E-state index in [-0.39, 0.29) is 6.04 Å². The van der Waals surface area contributed by atoms with E-state index in [1.54, 1.807) is 26.4 Å². The second-order valence-corrected chi connectivity index (χ2v) is 7.50. The van der Waals surface area contributed by atoms with Crippen LogP contribution >= 0.6 is 0 Å². The highest BCUT2D eigenvalue weighted by Gasteiger charge is 2.19. The molecule has 0 aliphatic carbocycles. The molecular weight excluding hydrogens is 404 g/mol. The SMILES string of the molecule is CCOc1ncccc1-c1cc(NCc2ncccc2OC)c(NC(C)C)c(C(C)=N)n1. The van der Waals surface area contributed by atoms with Crippen LogP contribution in [0.1, 0.15) is 39.1 Å². The highest BCUT2D eigenvalue weighted by atomic mass is 16.5. The normalized spacial score (nSPS) is 10.7. The van der Waals surface area contributed by atoms with Crippen LogP contribution in [0.2, 0.25) is 0 Å². The predicted octanol–water partition coefficient (Wildman–Crippen LogP) is 4.77. The Morgan fingerprint density at radius 1 is 1.16 bits per heavy atom. The van der Waals surface area contributed by atoms with Crippen LogP contribution in [0, 0.1) is 5.41 Å². The molecule has 8 heteroatoms. The van der Waals surface area contributed by atoms with Crippen molar-refractivity contribution in [1.82, 2.24) is 15.0 Å². The number of methoxy groups -OCH3 is 1. The molecule has 0 aliphatic heterocycles. The summed E-state index contributed by atoms with van der Waals surface area (Å²) in [6, 6.07) is 9.60. The first kappa shape index (κ1) is 23.0. The molecule has 3 aromatic heterocycles. The average molecular weight is 435 g/mol. The van der Waals surface area contributed by atoms with Gasteiger partial charge in [-0.15, -0.1) is 0 Å². The van der Waals surface area contributed by atoms with Gasteiger partial charge in [0.15, 0.2) is 0 Å². The molecule has 0 saturated carbocycles. The Hall–Kier alpha value is -3.68. The van der Waals surface area contributed by atoms with E-state index in [1.165, 1.54) is 0 Å². The third kappa shape index (κ3) is 5.32. The zero-order valence-electron chi connectivity index (χ0n) is 19.2. The summed E-state index contributed by atoms with van der Waals surface area (Å²) in [5, 5.41) is 15.3. The van der Waals surface area contributed by atoms with Gasteiger partial charge in [0.1, 0.15) is 17.1 Å². The Bertz CT molecular complexity index is 1080. The second-order valence-electron chi connectivity index (χ2n) is 7.50. The maximum Gasteiger partial charge on any atom is 0.222 e. The second kappa shape index (κ2) is 10.6. The van der Waals surface area contributed by atoms with Gasteiger partial charge in [0.05, 0.1) is 48.6 Å². The van der Waals surface area contributed by atoms with Crippen LogP contribution in [0.4, 0.5) is 11.4 Å². The lowest BCUT2D eigenvalue weighted by Gasteiger charge is -2.21. The van der Waals surface area contributed by atoms with E-state index in [0.717, 1.165) is 22.6 Å². The van der Waals surface area contributed by atoms with Gasteiger partial charge in [0.2, 0.25) is 5.88 Å². The average Bonchev–Trinajstić information content (AvgIpc) is 2.78. The molecule has 0 spiro atoms. The molecule has 0 aliphatic rings. The minimum Gasteiger partial charge on any atom is -0.495 e. The van der Waals surface area contributed by atoms with E-state index < -0.39 is 0 Å². The maximum absolute atomic E-state index is 8.36. The molecule has 32 heavy (non-hydrogen) atoms. The quantitative estimate of drug-likeness (QED) is 0.395. The fourth-order valence-corrected chi connectivity index (χ4v) is 3.29. The Morgan fingerprint density at radius 3 is 2.59 bits per heavy atom. The van der Waals surface area contributed by atoms with E-state index >= 15 is 0 Å².